The van der Waals surface area contributed by atoms with Crippen LogP contribution in [0.2, 0.25) is 0 Å². The van der Waals surface area contributed by atoms with Gasteiger partial charge in [-0.2, -0.15) is 0 Å². The molecule has 1 aromatic rings. The average Bonchev–Trinajstić information content (AvgIpc) is 2.39. The summed E-state index contributed by atoms with van der Waals surface area (Å²) in [4.78, 5) is 2.90. The Balaban J connectivity index is 2.79. The Morgan fingerprint density at radius 3 is 2.42 bits per heavy atom. The van der Waals surface area contributed by atoms with Gasteiger partial charge in [-0.05, 0) is 19.4 Å². The zero-order valence-electron chi connectivity index (χ0n) is 12.0. The number of ether oxygens (including phenoxy) is 1. The summed E-state index contributed by atoms with van der Waals surface area (Å²) >= 11 is 5.24. The van der Waals surface area contributed by atoms with Gasteiger partial charge in [-0.1, -0.05) is 42.5 Å². The third-order valence-corrected chi connectivity index (χ3v) is 3.56. The van der Waals surface area contributed by atoms with Gasteiger partial charge in [0, 0.05) is 32.2 Å². The van der Waals surface area contributed by atoms with Crippen LogP contribution in [0.1, 0.15) is 25.3 Å². The molecule has 1 aromatic carbocycles. The third-order valence-electron chi connectivity index (χ3n) is 3.28. The summed E-state index contributed by atoms with van der Waals surface area (Å²) in [5.74, 6) is 0.0930. The minimum atomic E-state index is 0.0930. The number of nitrogens with zero attached hydrogens (tertiary/aromatic N) is 1. The molecular formula is C15H24N2OS. The Morgan fingerprint density at radius 2 is 1.95 bits per heavy atom. The van der Waals surface area contributed by atoms with Crippen molar-refractivity contribution in [2.75, 3.05) is 26.8 Å². The van der Waals surface area contributed by atoms with Crippen LogP contribution >= 0.6 is 12.2 Å². The predicted octanol–water partition coefficient (Wildman–Crippen LogP) is 2.41. The lowest BCUT2D eigenvalue weighted by molar-refractivity contribution is 0.129. The molecule has 0 aliphatic heterocycles. The number of hydrogen-bond acceptors (Lipinski definition) is 3. The predicted molar refractivity (Wildman–Crippen MR) is 84.6 cm³/mol. The Bertz CT molecular complexity index is 381. The molecule has 1 unspecified atom stereocenters. The number of methoxy groups -OCH3 is 1. The second kappa shape index (κ2) is 8.25. The van der Waals surface area contributed by atoms with Gasteiger partial charge in [0.2, 0.25) is 0 Å². The van der Waals surface area contributed by atoms with Gasteiger partial charge in [-0.25, -0.2) is 0 Å². The van der Waals surface area contributed by atoms with E-state index in [-0.39, 0.29) is 5.92 Å². The maximum absolute atomic E-state index is 5.92. The molecule has 0 spiro atoms. The first kappa shape index (κ1) is 16.1. The van der Waals surface area contributed by atoms with Crippen molar-refractivity contribution in [2.45, 2.75) is 25.8 Å². The Labute approximate surface area is 121 Å². The lowest BCUT2D eigenvalue weighted by atomic mass is 9.98. The quantitative estimate of drug-likeness (QED) is 0.742. The topological polar surface area (TPSA) is 38.5 Å². The molecule has 0 radical (unpaired) electrons. The van der Waals surface area contributed by atoms with Crippen LogP contribution in [0, 0.1) is 0 Å². The van der Waals surface area contributed by atoms with Crippen LogP contribution in [0.4, 0.5) is 0 Å². The molecule has 0 fully saturated rings. The molecule has 1 atom stereocenters. The van der Waals surface area contributed by atoms with Crippen molar-refractivity contribution in [3.63, 3.8) is 0 Å². The van der Waals surface area contributed by atoms with Crippen LogP contribution in [0.5, 0.6) is 0 Å². The fourth-order valence-electron chi connectivity index (χ4n) is 2.05. The molecule has 1 rings (SSSR count). The highest BCUT2D eigenvalue weighted by Crippen LogP contribution is 2.18. The normalized spacial score (nSPS) is 12.9. The minimum absolute atomic E-state index is 0.0930. The van der Waals surface area contributed by atoms with Crippen molar-refractivity contribution in [3.05, 3.63) is 35.9 Å². The van der Waals surface area contributed by atoms with Crippen molar-refractivity contribution in [2.24, 2.45) is 5.73 Å². The monoisotopic (exact) mass is 280 g/mol. The molecule has 0 aliphatic carbocycles. The van der Waals surface area contributed by atoms with E-state index < -0.39 is 0 Å². The van der Waals surface area contributed by atoms with Crippen molar-refractivity contribution >= 4 is 17.2 Å². The van der Waals surface area contributed by atoms with Gasteiger partial charge in [0.05, 0.1) is 11.6 Å². The molecule has 2 N–H and O–H groups in total. The van der Waals surface area contributed by atoms with Crippen molar-refractivity contribution in [3.8, 4) is 0 Å². The van der Waals surface area contributed by atoms with Crippen LogP contribution in [-0.2, 0) is 4.74 Å². The van der Waals surface area contributed by atoms with Gasteiger partial charge < -0.3 is 10.5 Å². The number of benzene rings is 1. The zero-order chi connectivity index (χ0) is 14.3. The molecule has 0 aromatic heterocycles. The highest BCUT2D eigenvalue weighted by Gasteiger charge is 2.20. The number of nitrogens with two attached hydrogens (primary N) is 1. The first-order valence-corrected chi connectivity index (χ1v) is 7.04. The maximum Gasteiger partial charge on any atom is 0.0816 e. The second-order valence-corrected chi connectivity index (χ2v) is 5.42. The highest BCUT2D eigenvalue weighted by atomic mass is 32.1. The summed E-state index contributed by atoms with van der Waals surface area (Å²) in [5, 5.41) is 0. The van der Waals surface area contributed by atoms with Gasteiger partial charge in [-0.15, -0.1) is 0 Å². The van der Waals surface area contributed by atoms with Crippen molar-refractivity contribution < 1.29 is 4.74 Å². The first-order valence-electron chi connectivity index (χ1n) is 6.63. The summed E-state index contributed by atoms with van der Waals surface area (Å²) in [6, 6.07) is 10.7. The van der Waals surface area contributed by atoms with Crippen LogP contribution in [0.3, 0.4) is 0 Å². The van der Waals surface area contributed by atoms with E-state index in [1.807, 2.05) is 18.2 Å². The SMILES string of the molecule is COCCN(CC(C(N)=S)c1ccccc1)C(C)C. The molecule has 0 saturated heterocycles. The van der Waals surface area contributed by atoms with Crippen LogP contribution in [0.25, 0.3) is 0 Å². The fraction of sp³-hybridized carbons (Fsp3) is 0.533. The molecule has 19 heavy (non-hydrogen) atoms. The lowest BCUT2D eigenvalue weighted by Crippen LogP contribution is -2.40. The molecule has 106 valence electrons. The van der Waals surface area contributed by atoms with Gasteiger partial charge in [0.15, 0.2) is 0 Å². The summed E-state index contributed by atoms with van der Waals surface area (Å²) in [5.41, 5.74) is 7.10. The van der Waals surface area contributed by atoms with Gasteiger partial charge in [0.25, 0.3) is 0 Å². The number of hydrogen-bond donors (Lipinski definition) is 1. The lowest BCUT2D eigenvalue weighted by Gasteiger charge is -2.30. The molecule has 0 aliphatic rings. The fourth-order valence-corrected chi connectivity index (χ4v) is 2.26. The van der Waals surface area contributed by atoms with E-state index >= 15 is 0 Å². The van der Waals surface area contributed by atoms with Gasteiger partial charge >= 0.3 is 0 Å². The van der Waals surface area contributed by atoms with E-state index in [2.05, 4.69) is 30.9 Å². The molecule has 3 nitrogen and oxygen atoms in total. The number of rotatable bonds is 8. The first-order chi connectivity index (χ1) is 9.06. The minimum Gasteiger partial charge on any atom is -0.393 e. The van der Waals surface area contributed by atoms with E-state index in [0.717, 1.165) is 19.7 Å². The van der Waals surface area contributed by atoms with Crippen LogP contribution in [0.15, 0.2) is 30.3 Å². The summed E-state index contributed by atoms with van der Waals surface area (Å²) in [7, 11) is 1.72. The van der Waals surface area contributed by atoms with Gasteiger partial charge in [-0.3, -0.25) is 4.90 Å². The molecule has 0 bridgehead atoms. The second-order valence-electron chi connectivity index (χ2n) is 4.95. The molecule has 0 saturated carbocycles. The summed E-state index contributed by atoms with van der Waals surface area (Å²) in [6.45, 7) is 6.80. The molecule has 0 amide bonds. The van der Waals surface area contributed by atoms with Crippen LogP contribution in [-0.4, -0.2) is 42.7 Å². The number of thiocarbonyl (C=S) groups is 1. The Kier molecular flexibility index (Phi) is 6.99. The van der Waals surface area contributed by atoms with E-state index in [1.54, 1.807) is 7.11 Å². The molecular weight excluding hydrogens is 256 g/mol. The maximum atomic E-state index is 5.92. The standard InChI is InChI=1S/C15H24N2OS/c1-12(2)17(9-10-18-3)11-14(15(16)19)13-7-5-4-6-8-13/h4-8,12,14H,9-11H2,1-3H3,(H2,16,19). The van der Waals surface area contributed by atoms with Crippen molar-refractivity contribution in [1.82, 2.24) is 4.90 Å². The Morgan fingerprint density at radius 1 is 1.32 bits per heavy atom. The third kappa shape index (κ3) is 5.27. The van der Waals surface area contributed by atoms with E-state index in [0.29, 0.717) is 11.0 Å². The largest absolute Gasteiger partial charge is 0.393 e. The van der Waals surface area contributed by atoms with E-state index in [4.69, 9.17) is 22.7 Å². The summed E-state index contributed by atoms with van der Waals surface area (Å²) in [6.07, 6.45) is 0. The summed E-state index contributed by atoms with van der Waals surface area (Å²) < 4.78 is 5.16. The van der Waals surface area contributed by atoms with Crippen LogP contribution < -0.4 is 5.73 Å². The average molecular weight is 280 g/mol. The Hall–Kier alpha value is -0.970. The van der Waals surface area contributed by atoms with Gasteiger partial charge in [0.1, 0.15) is 0 Å². The molecule has 0 heterocycles. The zero-order valence-corrected chi connectivity index (χ0v) is 12.8. The van der Waals surface area contributed by atoms with E-state index in [1.165, 1.54) is 5.56 Å². The van der Waals surface area contributed by atoms with E-state index in [9.17, 15) is 0 Å². The smallest absolute Gasteiger partial charge is 0.0816 e. The molecule has 4 heteroatoms. The van der Waals surface area contributed by atoms with Crippen molar-refractivity contribution in [1.29, 1.82) is 0 Å². The highest BCUT2D eigenvalue weighted by molar-refractivity contribution is 7.80.